The van der Waals surface area contributed by atoms with Gasteiger partial charge in [-0.15, -0.1) is 0 Å². The SMILES string of the molecule is COc1ccc(-c2cc(C)c(C)cc2C)c(CN)c1. The van der Waals surface area contributed by atoms with Crippen LogP contribution in [0.3, 0.4) is 0 Å². The van der Waals surface area contributed by atoms with Crippen molar-refractivity contribution in [3.8, 4) is 16.9 Å². The maximum Gasteiger partial charge on any atom is 0.119 e. The highest BCUT2D eigenvalue weighted by Gasteiger charge is 2.09. The first-order valence-corrected chi connectivity index (χ1v) is 6.52. The first-order valence-electron chi connectivity index (χ1n) is 6.52. The lowest BCUT2D eigenvalue weighted by Crippen LogP contribution is -2.01. The van der Waals surface area contributed by atoms with Crippen molar-refractivity contribution in [2.45, 2.75) is 27.3 Å². The summed E-state index contributed by atoms with van der Waals surface area (Å²) >= 11 is 0. The fourth-order valence-electron chi connectivity index (χ4n) is 2.38. The molecule has 2 N–H and O–H groups in total. The lowest BCUT2D eigenvalue weighted by Gasteiger charge is -2.14. The van der Waals surface area contributed by atoms with Crippen LogP contribution in [0.4, 0.5) is 0 Å². The molecule has 100 valence electrons. The molecule has 0 amide bonds. The number of methoxy groups -OCH3 is 1. The molecule has 2 aromatic rings. The number of hydrogen-bond donors (Lipinski definition) is 1. The Kier molecular flexibility index (Phi) is 3.91. The lowest BCUT2D eigenvalue weighted by molar-refractivity contribution is 0.414. The average molecular weight is 255 g/mol. The first kappa shape index (κ1) is 13.6. The van der Waals surface area contributed by atoms with E-state index in [2.05, 4.69) is 39.0 Å². The van der Waals surface area contributed by atoms with Crippen molar-refractivity contribution in [3.05, 3.63) is 52.6 Å². The fourth-order valence-corrected chi connectivity index (χ4v) is 2.38. The Morgan fingerprint density at radius 3 is 2.21 bits per heavy atom. The van der Waals surface area contributed by atoms with Gasteiger partial charge in [0.15, 0.2) is 0 Å². The van der Waals surface area contributed by atoms with E-state index in [-0.39, 0.29) is 0 Å². The summed E-state index contributed by atoms with van der Waals surface area (Å²) in [5.74, 6) is 0.852. The van der Waals surface area contributed by atoms with Crippen molar-refractivity contribution in [1.29, 1.82) is 0 Å². The third-order valence-electron chi connectivity index (χ3n) is 3.66. The minimum Gasteiger partial charge on any atom is -0.497 e. The molecule has 2 rings (SSSR count). The van der Waals surface area contributed by atoms with E-state index in [1.54, 1.807) is 7.11 Å². The molecule has 19 heavy (non-hydrogen) atoms. The Morgan fingerprint density at radius 1 is 0.895 bits per heavy atom. The summed E-state index contributed by atoms with van der Waals surface area (Å²) < 4.78 is 5.27. The zero-order chi connectivity index (χ0) is 14.0. The average Bonchev–Trinajstić information content (AvgIpc) is 2.42. The molecule has 0 radical (unpaired) electrons. The molecular weight excluding hydrogens is 234 g/mol. The van der Waals surface area contributed by atoms with E-state index in [1.807, 2.05) is 12.1 Å². The third kappa shape index (κ3) is 2.64. The summed E-state index contributed by atoms with van der Waals surface area (Å²) in [5, 5.41) is 0. The van der Waals surface area contributed by atoms with E-state index in [4.69, 9.17) is 10.5 Å². The minimum absolute atomic E-state index is 0.513. The van der Waals surface area contributed by atoms with Gasteiger partial charge in [0.2, 0.25) is 0 Å². The van der Waals surface area contributed by atoms with Gasteiger partial charge >= 0.3 is 0 Å². The van der Waals surface area contributed by atoms with E-state index >= 15 is 0 Å². The molecular formula is C17H21NO. The van der Waals surface area contributed by atoms with Gasteiger partial charge in [-0.25, -0.2) is 0 Å². The minimum atomic E-state index is 0.513. The Labute approximate surface area is 115 Å². The molecule has 2 aromatic carbocycles. The van der Waals surface area contributed by atoms with E-state index < -0.39 is 0 Å². The number of nitrogens with two attached hydrogens (primary N) is 1. The normalized spacial score (nSPS) is 10.6. The predicted octanol–water partition coefficient (Wildman–Crippen LogP) is 3.75. The summed E-state index contributed by atoms with van der Waals surface area (Å²) in [5.41, 5.74) is 13.4. The van der Waals surface area contributed by atoms with Crippen molar-refractivity contribution < 1.29 is 4.74 Å². The number of rotatable bonds is 3. The molecule has 0 saturated heterocycles. The predicted molar refractivity (Wildman–Crippen MR) is 80.5 cm³/mol. The van der Waals surface area contributed by atoms with Crippen LogP contribution in [-0.2, 0) is 6.54 Å². The van der Waals surface area contributed by atoms with Crippen molar-refractivity contribution in [2.24, 2.45) is 5.73 Å². The zero-order valence-corrected chi connectivity index (χ0v) is 12.1. The van der Waals surface area contributed by atoms with Crippen LogP contribution in [0.1, 0.15) is 22.3 Å². The second kappa shape index (κ2) is 5.45. The molecule has 0 saturated carbocycles. The molecule has 0 unspecified atom stereocenters. The lowest BCUT2D eigenvalue weighted by atomic mass is 9.92. The molecule has 0 aliphatic heterocycles. The summed E-state index contributed by atoms with van der Waals surface area (Å²) in [4.78, 5) is 0. The molecule has 0 aliphatic rings. The molecule has 0 bridgehead atoms. The van der Waals surface area contributed by atoms with Gasteiger partial charge in [0.05, 0.1) is 7.11 Å². The van der Waals surface area contributed by atoms with Crippen LogP contribution in [0, 0.1) is 20.8 Å². The van der Waals surface area contributed by atoms with Gasteiger partial charge < -0.3 is 10.5 Å². The largest absolute Gasteiger partial charge is 0.497 e. The van der Waals surface area contributed by atoms with Crippen molar-refractivity contribution >= 4 is 0 Å². The molecule has 0 atom stereocenters. The van der Waals surface area contributed by atoms with Gasteiger partial charge in [-0.3, -0.25) is 0 Å². The van der Waals surface area contributed by atoms with Crippen molar-refractivity contribution in [3.63, 3.8) is 0 Å². The van der Waals surface area contributed by atoms with Gasteiger partial charge in [-0.05, 0) is 66.3 Å². The second-order valence-electron chi connectivity index (χ2n) is 4.98. The van der Waals surface area contributed by atoms with Gasteiger partial charge in [0.25, 0.3) is 0 Å². The van der Waals surface area contributed by atoms with E-state index in [9.17, 15) is 0 Å². The first-order chi connectivity index (χ1) is 9.06. The maximum absolute atomic E-state index is 5.87. The Morgan fingerprint density at radius 2 is 1.58 bits per heavy atom. The molecule has 0 aliphatic carbocycles. The highest BCUT2D eigenvalue weighted by Crippen LogP contribution is 2.31. The highest BCUT2D eigenvalue weighted by atomic mass is 16.5. The van der Waals surface area contributed by atoms with Crippen LogP contribution in [0.25, 0.3) is 11.1 Å². The highest BCUT2D eigenvalue weighted by molar-refractivity contribution is 5.72. The maximum atomic E-state index is 5.87. The summed E-state index contributed by atoms with van der Waals surface area (Å²) in [6, 6.07) is 10.6. The number of hydrogen-bond acceptors (Lipinski definition) is 2. The van der Waals surface area contributed by atoms with Crippen LogP contribution in [-0.4, -0.2) is 7.11 Å². The molecule has 0 aromatic heterocycles. The Balaban J connectivity index is 2.61. The Hall–Kier alpha value is -1.80. The molecule has 0 spiro atoms. The summed E-state index contributed by atoms with van der Waals surface area (Å²) in [7, 11) is 1.68. The molecule has 2 nitrogen and oxygen atoms in total. The summed E-state index contributed by atoms with van der Waals surface area (Å²) in [6.45, 7) is 6.94. The van der Waals surface area contributed by atoms with Crippen molar-refractivity contribution in [1.82, 2.24) is 0 Å². The van der Waals surface area contributed by atoms with Crippen LogP contribution in [0.15, 0.2) is 30.3 Å². The second-order valence-corrected chi connectivity index (χ2v) is 4.98. The number of ether oxygens (including phenoxy) is 1. The quantitative estimate of drug-likeness (QED) is 0.906. The van der Waals surface area contributed by atoms with E-state index in [0.717, 1.165) is 11.3 Å². The number of aryl methyl sites for hydroxylation is 3. The van der Waals surface area contributed by atoms with Crippen molar-refractivity contribution in [2.75, 3.05) is 7.11 Å². The van der Waals surface area contributed by atoms with Gasteiger partial charge in [-0.2, -0.15) is 0 Å². The monoisotopic (exact) mass is 255 g/mol. The summed E-state index contributed by atoms with van der Waals surface area (Å²) in [6.07, 6.45) is 0. The topological polar surface area (TPSA) is 35.2 Å². The van der Waals surface area contributed by atoms with E-state index in [0.29, 0.717) is 6.54 Å². The molecule has 0 heterocycles. The van der Waals surface area contributed by atoms with Gasteiger partial charge in [0, 0.05) is 6.54 Å². The third-order valence-corrected chi connectivity index (χ3v) is 3.66. The smallest absolute Gasteiger partial charge is 0.119 e. The molecule has 0 fully saturated rings. The van der Waals surface area contributed by atoms with E-state index in [1.165, 1.54) is 27.8 Å². The zero-order valence-electron chi connectivity index (χ0n) is 12.1. The van der Waals surface area contributed by atoms with Crippen LogP contribution >= 0.6 is 0 Å². The fraction of sp³-hybridized carbons (Fsp3) is 0.294. The van der Waals surface area contributed by atoms with Crippen LogP contribution in [0.2, 0.25) is 0 Å². The molecule has 2 heteroatoms. The van der Waals surface area contributed by atoms with Gasteiger partial charge in [-0.1, -0.05) is 18.2 Å². The number of benzene rings is 2. The van der Waals surface area contributed by atoms with Gasteiger partial charge in [0.1, 0.15) is 5.75 Å². The van der Waals surface area contributed by atoms with Crippen LogP contribution < -0.4 is 10.5 Å². The standard InChI is InChI=1S/C17H21NO/c1-11-7-13(3)17(8-12(11)2)16-6-5-15(19-4)9-14(16)10-18/h5-9H,10,18H2,1-4H3. The van der Waals surface area contributed by atoms with Crippen LogP contribution in [0.5, 0.6) is 5.75 Å². The Bertz CT molecular complexity index is 602.